The topological polar surface area (TPSA) is 76.2 Å². The van der Waals surface area contributed by atoms with Crippen LogP contribution in [-0.4, -0.2) is 40.4 Å². The average Bonchev–Trinajstić information content (AvgIpc) is 3.05. The third-order valence-electron chi connectivity index (χ3n) is 6.39. The summed E-state index contributed by atoms with van der Waals surface area (Å²) in [6.45, 7) is 3.10. The summed E-state index contributed by atoms with van der Waals surface area (Å²) < 4.78 is 3.45. The zero-order chi connectivity index (χ0) is 20.1. The number of aryl methyl sites for hydroxylation is 2. The number of rotatable bonds is 7. The Balaban J connectivity index is 0.00000256. The number of fused-ring (bicyclic) bond motifs is 1. The van der Waals surface area contributed by atoms with Gasteiger partial charge in [-0.2, -0.15) is 5.10 Å². The van der Waals surface area contributed by atoms with Gasteiger partial charge in [-0.05, 0) is 37.7 Å². The molecule has 2 aliphatic rings. The number of nitrogens with one attached hydrogen (secondary N) is 2. The molecule has 1 saturated carbocycles. The van der Waals surface area contributed by atoms with Crippen molar-refractivity contribution in [2.24, 2.45) is 4.99 Å². The van der Waals surface area contributed by atoms with Gasteiger partial charge in [-0.15, -0.1) is 24.0 Å². The van der Waals surface area contributed by atoms with Crippen molar-refractivity contribution >= 4 is 29.9 Å². The lowest BCUT2D eigenvalue weighted by Gasteiger charge is -2.43. The number of aromatic nitrogens is 3. The lowest BCUT2D eigenvalue weighted by Crippen LogP contribution is -2.49. The van der Waals surface area contributed by atoms with E-state index in [-0.39, 0.29) is 35.1 Å². The van der Waals surface area contributed by atoms with E-state index in [2.05, 4.69) is 51.1 Å². The average molecular weight is 524 g/mol. The van der Waals surface area contributed by atoms with Crippen LogP contribution in [0.1, 0.15) is 49.9 Å². The molecule has 2 aromatic rings. The predicted molar refractivity (Wildman–Crippen MR) is 131 cm³/mol. The van der Waals surface area contributed by atoms with Crippen LogP contribution in [0.2, 0.25) is 0 Å². The lowest BCUT2D eigenvalue weighted by atomic mass is 9.64. The highest BCUT2D eigenvalue weighted by molar-refractivity contribution is 14.0. The maximum absolute atomic E-state index is 12.4. The molecule has 0 amide bonds. The van der Waals surface area contributed by atoms with Crippen molar-refractivity contribution in [2.75, 3.05) is 20.1 Å². The summed E-state index contributed by atoms with van der Waals surface area (Å²) in [5.74, 6) is 1.77. The number of aliphatic imine (C=N–C) groups is 1. The van der Waals surface area contributed by atoms with Gasteiger partial charge in [0.15, 0.2) is 5.96 Å². The molecule has 2 N–H and O–H groups in total. The Hall–Kier alpha value is -1.84. The van der Waals surface area contributed by atoms with E-state index in [0.29, 0.717) is 6.54 Å². The Morgan fingerprint density at radius 1 is 1.17 bits per heavy atom. The number of halogens is 1. The van der Waals surface area contributed by atoms with Crippen LogP contribution in [0.5, 0.6) is 0 Å². The van der Waals surface area contributed by atoms with Crippen LogP contribution in [-0.2, 0) is 24.9 Å². The number of guanidine groups is 1. The highest BCUT2D eigenvalue weighted by atomic mass is 127. The van der Waals surface area contributed by atoms with Gasteiger partial charge < -0.3 is 10.6 Å². The Morgan fingerprint density at radius 2 is 1.97 bits per heavy atom. The van der Waals surface area contributed by atoms with E-state index in [4.69, 9.17) is 0 Å². The van der Waals surface area contributed by atoms with Crippen molar-refractivity contribution < 1.29 is 0 Å². The van der Waals surface area contributed by atoms with Crippen LogP contribution in [0.3, 0.4) is 0 Å². The third-order valence-corrected chi connectivity index (χ3v) is 6.39. The van der Waals surface area contributed by atoms with Crippen LogP contribution < -0.4 is 16.3 Å². The first-order valence-corrected chi connectivity index (χ1v) is 10.9. The Kier molecular flexibility index (Phi) is 7.96. The maximum Gasteiger partial charge on any atom is 0.345 e. The molecule has 0 radical (unpaired) electrons. The lowest BCUT2D eigenvalue weighted by molar-refractivity contribution is 0.244. The second-order valence-corrected chi connectivity index (χ2v) is 8.24. The van der Waals surface area contributed by atoms with Gasteiger partial charge in [-0.25, -0.2) is 9.48 Å². The normalized spacial score (nSPS) is 17.4. The molecule has 0 unspecified atom stereocenters. The molecule has 1 aliphatic heterocycles. The third kappa shape index (κ3) is 4.90. The van der Waals surface area contributed by atoms with Gasteiger partial charge in [0.05, 0.1) is 0 Å². The fraction of sp³-hybridized carbons (Fsp3) is 0.591. The van der Waals surface area contributed by atoms with Crippen molar-refractivity contribution in [1.82, 2.24) is 25.0 Å². The van der Waals surface area contributed by atoms with Gasteiger partial charge in [0.2, 0.25) is 0 Å². The van der Waals surface area contributed by atoms with E-state index in [1.165, 1.54) is 24.8 Å². The van der Waals surface area contributed by atoms with E-state index in [1.807, 2.05) is 4.57 Å². The molecule has 1 aromatic heterocycles. The van der Waals surface area contributed by atoms with E-state index in [0.717, 1.165) is 57.1 Å². The van der Waals surface area contributed by atoms with Crippen LogP contribution in [0.25, 0.3) is 0 Å². The molecule has 7 nitrogen and oxygen atoms in total. The largest absolute Gasteiger partial charge is 0.356 e. The van der Waals surface area contributed by atoms with E-state index in [9.17, 15) is 4.79 Å². The molecule has 4 rings (SSSR count). The van der Waals surface area contributed by atoms with Crippen LogP contribution in [0.4, 0.5) is 0 Å². The molecule has 2 heterocycles. The summed E-state index contributed by atoms with van der Waals surface area (Å²) in [4.78, 5) is 16.8. The summed E-state index contributed by atoms with van der Waals surface area (Å²) >= 11 is 0. The van der Waals surface area contributed by atoms with Gasteiger partial charge in [-0.3, -0.25) is 9.56 Å². The first-order valence-electron chi connectivity index (χ1n) is 10.9. The number of hydrogen-bond donors (Lipinski definition) is 2. The first kappa shape index (κ1) is 22.8. The quantitative estimate of drug-likeness (QED) is 0.253. The number of benzene rings is 1. The molecular formula is C22H33IN6O. The minimum absolute atomic E-state index is 0. The predicted octanol–water partition coefficient (Wildman–Crippen LogP) is 2.68. The van der Waals surface area contributed by atoms with Crippen molar-refractivity contribution in [2.45, 2.75) is 63.5 Å². The Morgan fingerprint density at radius 3 is 2.63 bits per heavy atom. The summed E-state index contributed by atoms with van der Waals surface area (Å²) in [7, 11) is 1.80. The minimum atomic E-state index is 0. The molecule has 0 saturated heterocycles. The fourth-order valence-corrected chi connectivity index (χ4v) is 4.47. The number of nitrogens with zero attached hydrogens (tertiary/aromatic N) is 4. The fourth-order valence-electron chi connectivity index (χ4n) is 4.47. The highest BCUT2D eigenvalue weighted by Crippen LogP contribution is 2.43. The molecule has 0 atom stereocenters. The summed E-state index contributed by atoms with van der Waals surface area (Å²) in [6, 6.07) is 10.8. The molecule has 164 valence electrons. The standard InChI is InChI=1S/C22H32N6O.HI/c1-23-20(25-17-22(12-7-13-22)18-9-3-2-4-10-18)24-14-8-16-28-21(29)27-15-6-5-11-19(27)26-28;/h2-4,9-10H,5-8,11-17H2,1H3,(H2,23,24,25);1H. The van der Waals surface area contributed by atoms with E-state index < -0.39 is 0 Å². The van der Waals surface area contributed by atoms with Crippen LogP contribution in [0, 0.1) is 0 Å². The van der Waals surface area contributed by atoms with E-state index in [1.54, 1.807) is 11.7 Å². The van der Waals surface area contributed by atoms with Crippen molar-refractivity contribution in [3.8, 4) is 0 Å². The number of hydrogen-bond acceptors (Lipinski definition) is 3. The first-order chi connectivity index (χ1) is 14.2. The summed E-state index contributed by atoms with van der Waals surface area (Å²) in [5.41, 5.74) is 1.68. The Labute approximate surface area is 195 Å². The van der Waals surface area contributed by atoms with Gasteiger partial charge >= 0.3 is 5.69 Å². The summed E-state index contributed by atoms with van der Waals surface area (Å²) in [6.07, 6.45) is 7.67. The monoisotopic (exact) mass is 524 g/mol. The maximum atomic E-state index is 12.4. The molecule has 30 heavy (non-hydrogen) atoms. The van der Waals surface area contributed by atoms with E-state index >= 15 is 0 Å². The van der Waals surface area contributed by atoms with Gasteiger partial charge in [0.1, 0.15) is 5.82 Å². The second-order valence-electron chi connectivity index (χ2n) is 8.24. The van der Waals surface area contributed by atoms with Crippen LogP contribution in [0.15, 0.2) is 40.1 Å². The SMILES string of the molecule is CN=C(NCCCn1nc2n(c1=O)CCCC2)NCC1(c2ccccc2)CCC1.I. The molecule has 0 bridgehead atoms. The zero-order valence-electron chi connectivity index (χ0n) is 17.8. The van der Waals surface area contributed by atoms with Crippen molar-refractivity contribution in [3.63, 3.8) is 0 Å². The van der Waals surface area contributed by atoms with Crippen molar-refractivity contribution in [3.05, 3.63) is 52.2 Å². The van der Waals surface area contributed by atoms with Gasteiger partial charge in [-0.1, -0.05) is 36.8 Å². The highest BCUT2D eigenvalue weighted by Gasteiger charge is 2.38. The molecule has 1 fully saturated rings. The molecule has 0 spiro atoms. The molecular weight excluding hydrogens is 491 g/mol. The van der Waals surface area contributed by atoms with Crippen molar-refractivity contribution in [1.29, 1.82) is 0 Å². The van der Waals surface area contributed by atoms with Gasteiger partial charge in [0.25, 0.3) is 0 Å². The minimum Gasteiger partial charge on any atom is -0.356 e. The molecule has 1 aliphatic carbocycles. The Bertz CT molecular complexity index is 900. The van der Waals surface area contributed by atoms with Gasteiger partial charge in [0, 0.05) is 45.1 Å². The van der Waals surface area contributed by atoms with Crippen LogP contribution >= 0.6 is 24.0 Å². The zero-order valence-corrected chi connectivity index (χ0v) is 20.1. The molecule has 8 heteroatoms. The smallest absolute Gasteiger partial charge is 0.345 e. The molecule has 1 aromatic carbocycles. The second kappa shape index (κ2) is 10.5. The summed E-state index contributed by atoms with van der Waals surface area (Å²) in [5, 5.41) is 11.4.